The van der Waals surface area contributed by atoms with E-state index in [2.05, 4.69) is 12.2 Å². The van der Waals surface area contributed by atoms with Crippen LogP contribution in [0.15, 0.2) is 0 Å². The smallest absolute Gasteiger partial charge is 0.323 e. The third-order valence-electron chi connectivity index (χ3n) is 7.18. The molecule has 5 atom stereocenters. The zero-order valence-corrected chi connectivity index (χ0v) is 16.8. The number of aliphatic carboxylic acids is 1. The van der Waals surface area contributed by atoms with E-state index < -0.39 is 42.9 Å². The summed E-state index contributed by atoms with van der Waals surface area (Å²) in [5, 5.41) is 12.6. The number of ether oxygens (including phenoxy) is 1. The molecule has 0 aromatic heterocycles. The first kappa shape index (κ1) is 21.4. The van der Waals surface area contributed by atoms with E-state index in [0.717, 1.165) is 25.7 Å². The molecule has 160 valence electrons. The van der Waals surface area contributed by atoms with E-state index in [-0.39, 0.29) is 23.9 Å². The lowest BCUT2D eigenvalue weighted by Gasteiger charge is -2.51. The van der Waals surface area contributed by atoms with Gasteiger partial charge in [0, 0.05) is 19.5 Å². The molecule has 2 N–H and O–H groups in total. The highest BCUT2D eigenvalue weighted by molar-refractivity contribution is 5.76. The van der Waals surface area contributed by atoms with Crippen LogP contribution in [0.2, 0.25) is 0 Å². The lowest BCUT2D eigenvalue weighted by atomic mass is 9.58. The van der Waals surface area contributed by atoms with Gasteiger partial charge in [-0.15, -0.1) is 0 Å². The maximum atomic E-state index is 14.0. The maximum absolute atomic E-state index is 14.0. The molecule has 1 aliphatic carbocycles. The molecular formula is C20H32F2N2O4. The minimum atomic E-state index is -2.87. The summed E-state index contributed by atoms with van der Waals surface area (Å²) in [6.45, 7) is 4.75. The number of carboxylic acids is 1. The van der Waals surface area contributed by atoms with E-state index in [1.54, 1.807) is 11.8 Å². The van der Waals surface area contributed by atoms with Crippen LogP contribution in [-0.4, -0.2) is 66.2 Å². The average molecular weight is 402 g/mol. The summed E-state index contributed by atoms with van der Waals surface area (Å²) in [5.74, 6) is -3.80. The molecule has 0 bridgehead atoms. The molecule has 1 saturated carbocycles. The Morgan fingerprint density at radius 2 is 2.04 bits per heavy atom. The molecule has 0 spiro atoms. The third kappa shape index (κ3) is 4.32. The van der Waals surface area contributed by atoms with Crippen LogP contribution in [0, 0.1) is 17.3 Å². The van der Waals surface area contributed by atoms with Gasteiger partial charge >= 0.3 is 11.9 Å². The molecule has 2 saturated heterocycles. The number of fused-ring (bicyclic) bond motifs is 1. The number of nitrogens with one attached hydrogen (secondary N) is 1. The highest BCUT2D eigenvalue weighted by atomic mass is 19.3. The molecule has 0 aromatic carbocycles. The third-order valence-corrected chi connectivity index (χ3v) is 7.18. The number of esters is 1. The molecule has 0 amide bonds. The van der Waals surface area contributed by atoms with Gasteiger partial charge in [-0.05, 0) is 56.3 Å². The van der Waals surface area contributed by atoms with Gasteiger partial charge in [-0.1, -0.05) is 6.92 Å². The number of alkyl halides is 2. The van der Waals surface area contributed by atoms with Crippen molar-refractivity contribution in [1.29, 1.82) is 0 Å². The van der Waals surface area contributed by atoms with Gasteiger partial charge in [-0.25, -0.2) is 8.78 Å². The molecule has 0 radical (unpaired) electrons. The molecule has 6 nitrogen and oxygen atoms in total. The van der Waals surface area contributed by atoms with Crippen LogP contribution in [0.25, 0.3) is 0 Å². The fourth-order valence-electron chi connectivity index (χ4n) is 5.56. The Kier molecular flexibility index (Phi) is 6.29. The van der Waals surface area contributed by atoms with Crippen LogP contribution in [0.1, 0.15) is 52.4 Å². The Labute approximate surface area is 165 Å². The standard InChI is InChI=1S/C20H32F2N2O4/c1-3-19-6-5-13(7-14(19)8-15(17(25)26)23-11-19)10-24-12-20(21,22)9-16(24)18(27)28-4-2/h13-16,23H,3-12H2,1-2H3,(H,25,26)/t13?,14?,15?,16-,19-/m0/s1. The number of hydrogen-bond acceptors (Lipinski definition) is 5. The van der Waals surface area contributed by atoms with E-state index in [9.17, 15) is 23.5 Å². The summed E-state index contributed by atoms with van der Waals surface area (Å²) in [6, 6.07) is -1.42. The van der Waals surface area contributed by atoms with Crippen molar-refractivity contribution in [1.82, 2.24) is 10.2 Å². The first-order valence-corrected chi connectivity index (χ1v) is 10.4. The van der Waals surface area contributed by atoms with E-state index in [0.29, 0.717) is 19.5 Å². The molecule has 8 heteroatoms. The highest BCUT2D eigenvalue weighted by Gasteiger charge is 2.51. The Hall–Kier alpha value is -1.28. The number of carboxylic acid groups (broad SMARTS) is 1. The van der Waals surface area contributed by atoms with Crippen LogP contribution in [0.3, 0.4) is 0 Å². The second kappa shape index (κ2) is 8.22. The molecule has 2 heterocycles. The fourth-order valence-corrected chi connectivity index (χ4v) is 5.56. The molecule has 2 aliphatic heterocycles. The Bertz CT molecular complexity index is 603. The number of carbonyl (C=O) groups excluding carboxylic acids is 1. The largest absolute Gasteiger partial charge is 0.480 e. The van der Waals surface area contributed by atoms with E-state index >= 15 is 0 Å². The van der Waals surface area contributed by atoms with Crippen molar-refractivity contribution >= 4 is 11.9 Å². The highest BCUT2D eigenvalue weighted by Crippen LogP contribution is 2.50. The maximum Gasteiger partial charge on any atom is 0.323 e. The van der Waals surface area contributed by atoms with Gasteiger partial charge in [0.25, 0.3) is 5.92 Å². The minimum absolute atomic E-state index is 0.0952. The SMILES string of the molecule is CCOC(=O)[C@@H]1CC(F)(F)CN1CC1CC[C@@]2(CC)CNC(C(=O)O)CC2C1. The minimum Gasteiger partial charge on any atom is -0.480 e. The van der Waals surface area contributed by atoms with E-state index in [1.807, 2.05) is 0 Å². The molecule has 3 fully saturated rings. The summed E-state index contributed by atoms with van der Waals surface area (Å²) in [5.41, 5.74) is 0.0952. The summed E-state index contributed by atoms with van der Waals surface area (Å²) in [7, 11) is 0. The van der Waals surface area contributed by atoms with Crippen LogP contribution >= 0.6 is 0 Å². The zero-order chi connectivity index (χ0) is 20.5. The molecule has 28 heavy (non-hydrogen) atoms. The number of hydrogen-bond donors (Lipinski definition) is 2. The number of rotatable bonds is 6. The zero-order valence-electron chi connectivity index (χ0n) is 16.8. The van der Waals surface area contributed by atoms with Crippen LogP contribution < -0.4 is 5.32 Å². The molecule has 3 unspecified atom stereocenters. The molecular weight excluding hydrogens is 370 g/mol. The first-order chi connectivity index (χ1) is 13.2. The van der Waals surface area contributed by atoms with Gasteiger partial charge < -0.3 is 15.2 Å². The second-order valence-corrected chi connectivity index (χ2v) is 8.82. The quantitative estimate of drug-likeness (QED) is 0.665. The van der Waals surface area contributed by atoms with E-state index in [4.69, 9.17) is 4.74 Å². The number of halogens is 2. The van der Waals surface area contributed by atoms with E-state index in [1.165, 1.54) is 0 Å². The van der Waals surface area contributed by atoms with Gasteiger partial charge in [0.15, 0.2) is 0 Å². The van der Waals surface area contributed by atoms with Crippen molar-refractivity contribution in [2.75, 3.05) is 26.2 Å². The van der Waals surface area contributed by atoms with Crippen molar-refractivity contribution < 1.29 is 28.2 Å². The van der Waals surface area contributed by atoms with Gasteiger partial charge in [0.1, 0.15) is 12.1 Å². The van der Waals surface area contributed by atoms with Gasteiger partial charge in [-0.3, -0.25) is 14.5 Å². The van der Waals surface area contributed by atoms with Crippen LogP contribution in [0.4, 0.5) is 8.78 Å². The predicted molar refractivity (Wildman–Crippen MR) is 99.2 cm³/mol. The number of piperidine rings is 1. The number of nitrogens with zero attached hydrogens (tertiary/aromatic N) is 1. The Morgan fingerprint density at radius 1 is 1.29 bits per heavy atom. The fraction of sp³-hybridized carbons (Fsp3) is 0.900. The average Bonchev–Trinajstić information content (AvgIpc) is 2.95. The second-order valence-electron chi connectivity index (χ2n) is 8.82. The van der Waals surface area contributed by atoms with Gasteiger partial charge in [0.05, 0.1) is 13.2 Å². The number of carbonyl (C=O) groups is 2. The molecule has 3 rings (SSSR count). The van der Waals surface area contributed by atoms with Gasteiger partial charge in [-0.2, -0.15) is 0 Å². The molecule has 3 aliphatic rings. The summed E-state index contributed by atoms with van der Waals surface area (Å²) < 4.78 is 33.0. The van der Waals surface area contributed by atoms with Crippen molar-refractivity contribution in [3.8, 4) is 0 Å². The van der Waals surface area contributed by atoms with Crippen molar-refractivity contribution in [3.05, 3.63) is 0 Å². The normalized spacial score (nSPS) is 38.0. The Morgan fingerprint density at radius 3 is 2.68 bits per heavy atom. The predicted octanol–water partition coefficient (Wildman–Crippen LogP) is 2.52. The summed E-state index contributed by atoms with van der Waals surface area (Å²) in [6.07, 6.45) is 3.80. The lowest BCUT2D eigenvalue weighted by Crippen LogP contribution is -2.56. The topological polar surface area (TPSA) is 78.9 Å². The van der Waals surface area contributed by atoms with Crippen LogP contribution in [-0.2, 0) is 14.3 Å². The molecule has 0 aromatic rings. The van der Waals surface area contributed by atoms with Crippen molar-refractivity contribution in [2.24, 2.45) is 17.3 Å². The summed E-state index contributed by atoms with van der Waals surface area (Å²) in [4.78, 5) is 25.2. The van der Waals surface area contributed by atoms with Gasteiger partial charge in [0.2, 0.25) is 0 Å². The summed E-state index contributed by atoms with van der Waals surface area (Å²) >= 11 is 0. The van der Waals surface area contributed by atoms with Crippen LogP contribution in [0.5, 0.6) is 0 Å². The lowest BCUT2D eigenvalue weighted by molar-refractivity contribution is -0.149. The Balaban J connectivity index is 1.67. The van der Waals surface area contributed by atoms with Crippen molar-refractivity contribution in [2.45, 2.75) is 70.4 Å². The van der Waals surface area contributed by atoms with Crippen molar-refractivity contribution in [3.63, 3.8) is 0 Å². The first-order valence-electron chi connectivity index (χ1n) is 10.4. The number of likely N-dealkylation sites (tertiary alicyclic amines) is 1. The monoisotopic (exact) mass is 402 g/mol.